The van der Waals surface area contributed by atoms with Crippen molar-refractivity contribution in [2.24, 2.45) is 0 Å². The second-order valence-corrected chi connectivity index (χ2v) is 1.15. The molecule has 6 heteroatoms. The van der Waals surface area contributed by atoms with Gasteiger partial charge in [0.05, 0.1) is 0 Å². The molecule has 0 rings (SSSR count). The van der Waals surface area contributed by atoms with Crippen LogP contribution in [-0.4, -0.2) is 22.0 Å². The van der Waals surface area contributed by atoms with E-state index in [2.05, 4.69) is 0 Å². The van der Waals surface area contributed by atoms with E-state index in [4.69, 9.17) is 20.5 Å². The molecule has 0 aliphatic rings. The average Bonchev–Trinajstić information content (AvgIpc) is 1.66. The summed E-state index contributed by atoms with van der Waals surface area (Å²) < 4.78 is 0. The molecule has 0 aromatic rings. The van der Waals surface area contributed by atoms with Crippen molar-refractivity contribution in [3.63, 3.8) is 0 Å². The molecule has 0 saturated heterocycles. The molecule has 0 atom stereocenters. The molecular formula is C3H10N2O4. The second-order valence-electron chi connectivity index (χ2n) is 1.15. The summed E-state index contributed by atoms with van der Waals surface area (Å²) in [5, 5.41) is 21.5. The summed E-state index contributed by atoms with van der Waals surface area (Å²) in [7, 11) is 0. The standard InChI is InChI=1S/C3H9NO.HNO3/c1-2-3-4-5;2-1(3)4/h4-5H,2-3H2,1H3;(H,2,3,4). The van der Waals surface area contributed by atoms with E-state index in [1.165, 1.54) is 0 Å². The first-order valence-electron chi connectivity index (χ1n) is 2.35. The lowest BCUT2D eigenvalue weighted by Gasteiger charge is -1.83. The molecule has 0 fully saturated rings. The number of hydroxylamine groups is 1. The zero-order chi connectivity index (χ0) is 7.70. The monoisotopic (exact) mass is 138 g/mol. The molecule has 0 saturated carbocycles. The van der Waals surface area contributed by atoms with Gasteiger partial charge in [0, 0.05) is 6.54 Å². The van der Waals surface area contributed by atoms with Gasteiger partial charge in [0.15, 0.2) is 0 Å². The van der Waals surface area contributed by atoms with Crippen LogP contribution in [0.5, 0.6) is 0 Å². The summed E-state index contributed by atoms with van der Waals surface area (Å²) in [6.45, 7) is 2.68. The summed E-state index contributed by atoms with van der Waals surface area (Å²) in [5.74, 6) is 0. The van der Waals surface area contributed by atoms with Gasteiger partial charge in [-0.05, 0) is 6.42 Å². The third-order valence-electron chi connectivity index (χ3n) is 0.362. The Balaban J connectivity index is 0. The summed E-state index contributed by atoms with van der Waals surface area (Å²) in [6.07, 6.45) is 0.983. The number of rotatable bonds is 2. The Morgan fingerprint density at radius 2 is 2.11 bits per heavy atom. The minimum absolute atomic E-state index is 0.694. The highest BCUT2D eigenvalue weighted by Crippen LogP contribution is 1.62. The molecule has 9 heavy (non-hydrogen) atoms. The predicted octanol–water partition coefficient (Wildman–Crippen LogP) is 0.0275. The number of nitrogens with one attached hydrogen (secondary N) is 1. The fourth-order valence-electron chi connectivity index (χ4n) is 0.112. The van der Waals surface area contributed by atoms with Crippen LogP contribution >= 0.6 is 0 Å². The molecule has 0 amide bonds. The molecule has 0 aliphatic carbocycles. The minimum Gasteiger partial charge on any atom is -0.328 e. The van der Waals surface area contributed by atoms with Crippen LogP contribution in [0.1, 0.15) is 13.3 Å². The molecule has 0 spiro atoms. The lowest BCUT2D eigenvalue weighted by Crippen LogP contribution is -2.06. The van der Waals surface area contributed by atoms with Gasteiger partial charge in [0.25, 0.3) is 5.09 Å². The molecule has 0 aromatic carbocycles. The van der Waals surface area contributed by atoms with E-state index in [9.17, 15) is 0 Å². The maximum absolute atomic E-state index is 8.36. The van der Waals surface area contributed by atoms with E-state index >= 15 is 0 Å². The molecule has 56 valence electrons. The lowest BCUT2D eigenvalue weighted by molar-refractivity contribution is -0.742. The lowest BCUT2D eigenvalue weighted by atomic mass is 10.5. The fourth-order valence-corrected chi connectivity index (χ4v) is 0.112. The molecule has 0 aliphatic heterocycles. The minimum atomic E-state index is -1.50. The predicted molar refractivity (Wildman–Crippen MR) is 28.9 cm³/mol. The Labute approximate surface area is 52.2 Å². The Hall–Kier alpha value is -0.880. The van der Waals surface area contributed by atoms with Crippen molar-refractivity contribution in [2.45, 2.75) is 13.3 Å². The van der Waals surface area contributed by atoms with Gasteiger partial charge in [0.1, 0.15) is 0 Å². The molecule has 0 heterocycles. The van der Waals surface area contributed by atoms with Crippen molar-refractivity contribution in [1.29, 1.82) is 0 Å². The molecule has 0 unspecified atom stereocenters. The maximum Gasteiger partial charge on any atom is 0.291 e. The van der Waals surface area contributed by atoms with Crippen molar-refractivity contribution in [1.82, 2.24) is 5.48 Å². The van der Waals surface area contributed by atoms with Gasteiger partial charge in [-0.2, -0.15) is 0 Å². The van der Waals surface area contributed by atoms with Gasteiger partial charge in [-0.25, -0.2) is 5.48 Å². The Bertz CT molecular complexity index is 60.8. The van der Waals surface area contributed by atoms with E-state index in [1.807, 2.05) is 12.4 Å². The summed E-state index contributed by atoms with van der Waals surface area (Å²) in [5.41, 5.74) is 2.02. The Morgan fingerprint density at radius 1 is 1.78 bits per heavy atom. The van der Waals surface area contributed by atoms with E-state index < -0.39 is 5.09 Å². The molecule has 0 aromatic heterocycles. The third kappa shape index (κ3) is 149. The van der Waals surface area contributed by atoms with Gasteiger partial charge >= 0.3 is 0 Å². The van der Waals surface area contributed by atoms with E-state index in [-0.39, 0.29) is 0 Å². The van der Waals surface area contributed by atoms with Crippen molar-refractivity contribution < 1.29 is 15.5 Å². The highest BCUT2D eigenvalue weighted by Gasteiger charge is 1.66. The van der Waals surface area contributed by atoms with Crippen LogP contribution in [0.2, 0.25) is 0 Å². The molecule has 0 bridgehead atoms. The number of hydrogen-bond donors (Lipinski definition) is 3. The van der Waals surface area contributed by atoms with Crippen LogP contribution in [0.4, 0.5) is 0 Å². The quantitative estimate of drug-likeness (QED) is 0.369. The smallest absolute Gasteiger partial charge is 0.291 e. The maximum atomic E-state index is 8.36. The second kappa shape index (κ2) is 10.2. The largest absolute Gasteiger partial charge is 0.328 e. The Morgan fingerprint density at radius 3 is 2.11 bits per heavy atom. The van der Waals surface area contributed by atoms with E-state index in [0.29, 0.717) is 6.54 Å². The van der Waals surface area contributed by atoms with E-state index in [0.717, 1.165) is 6.42 Å². The van der Waals surface area contributed by atoms with Gasteiger partial charge in [-0.3, -0.25) is 0 Å². The molecule has 0 radical (unpaired) electrons. The topological polar surface area (TPSA) is 95.6 Å². The zero-order valence-corrected chi connectivity index (χ0v) is 5.07. The van der Waals surface area contributed by atoms with Crippen LogP contribution in [0.3, 0.4) is 0 Å². The Kier molecular flexibility index (Phi) is 12.4. The molecule has 3 N–H and O–H groups in total. The first-order valence-corrected chi connectivity index (χ1v) is 2.35. The van der Waals surface area contributed by atoms with Gasteiger partial charge in [0.2, 0.25) is 0 Å². The summed E-state index contributed by atoms with van der Waals surface area (Å²) >= 11 is 0. The average molecular weight is 138 g/mol. The van der Waals surface area contributed by atoms with Crippen molar-refractivity contribution >= 4 is 0 Å². The number of hydrogen-bond acceptors (Lipinski definition) is 4. The van der Waals surface area contributed by atoms with Gasteiger partial charge in [-0.15, -0.1) is 10.1 Å². The SMILES string of the molecule is CCCNO.O=[N+]([O-])O. The van der Waals surface area contributed by atoms with Gasteiger partial charge < -0.3 is 10.4 Å². The zero-order valence-electron chi connectivity index (χ0n) is 5.07. The van der Waals surface area contributed by atoms with E-state index in [1.54, 1.807) is 0 Å². The van der Waals surface area contributed by atoms with Crippen LogP contribution in [0.25, 0.3) is 0 Å². The highest BCUT2D eigenvalue weighted by molar-refractivity contribution is 4.22. The van der Waals surface area contributed by atoms with Crippen LogP contribution < -0.4 is 5.48 Å². The third-order valence-corrected chi connectivity index (χ3v) is 0.362. The highest BCUT2D eigenvalue weighted by atomic mass is 16.9. The normalized spacial score (nSPS) is 7.33. The fraction of sp³-hybridized carbons (Fsp3) is 1.00. The summed E-state index contributed by atoms with van der Waals surface area (Å²) in [4.78, 5) is 8.36. The van der Waals surface area contributed by atoms with Crippen LogP contribution in [0, 0.1) is 10.1 Å². The van der Waals surface area contributed by atoms with Crippen LogP contribution in [-0.2, 0) is 0 Å². The van der Waals surface area contributed by atoms with Crippen molar-refractivity contribution in [3.05, 3.63) is 10.1 Å². The first kappa shape index (κ1) is 11.0. The number of nitrogens with zero attached hydrogens (tertiary/aromatic N) is 1. The first-order chi connectivity index (χ1) is 4.15. The van der Waals surface area contributed by atoms with Crippen LogP contribution in [0.15, 0.2) is 0 Å². The van der Waals surface area contributed by atoms with Crippen molar-refractivity contribution in [2.75, 3.05) is 6.54 Å². The molecular weight excluding hydrogens is 128 g/mol. The molecule has 6 nitrogen and oxygen atoms in total. The summed E-state index contributed by atoms with van der Waals surface area (Å²) in [6, 6.07) is 0. The van der Waals surface area contributed by atoms with Gasteiger partial charge in [-0.1, -0.05) is 6.92 Å². The van der Waals surface area contributed by atoms with Crippen molar-refractivity contribution in [3.8, 4) is 0 Å².